The number of rotatable bonds is 3. The van der Waals surface area contributed by atoms with E-state index < -0.39 is 6.10 Å². The van der Waals surface area contributed by atoms with Gasteiger partial charge in [0.1, 0.15) is 0 Å². The van der Waals surface area contributed by atoms with Crippen LogP contribution in [-0.4, -0.2) is 49.6 Å². The van der Waals surface area contributed by atoms with E-state index >= 15 is 0 Å². The summed E-state index contributed by atoms with van der Waals surface area (Å²) in [6, 6.07) is 7.91. The first-order chi connectivity index (χ1) is 9.60. The molecule has 1 heterocycles. The van der Waals surface area contributed by atoms with E-state index in [4.69, 9.17) is 4.74 Å². The van der Waals surface area contributed by atoms with Gasteiger partial charge in [-0.25, -0.2) is 0 Å². The minimum absolute atomic E-state index is 0.0350. The maximum Gasteiger partial charge on any atom is 0.250 e. The fourth-order valence-corrected chi connectivity index (χ4v) is 2.30. The Bertz CT molecular complexity index is 502. The minimum Gasteiger partial charge on any atom is -0.365 e. The van der Waals surface area contributed by atoms with Crippen LogP contribution in [0.25, 0.3) is 0 Å². The van der Waals surface area contributed by atoms with Crippen LogP contribution in [0.5, 0.6) is 0 Å². The second kappa shape index (κ2) is 6.52. The SMILES string of the molecule is CNC(=O)C1CN(C(=O)Cc2cccc(C)c2)CCO1. The Morgan fingerprint density at radius 2 is 2.25 bits per heavy atom. The highest BCUT2D eigenvalue weighted by molar-refractivity contribution is 5.83. The Labute approximate surface area is 118 Å². The molecule has 1 aromatic carbocycles. The van der Waals surface area contributed by atoms with Gasteiger partial charge in [-0.05, 0) is 12.5 Å². The second-order valence-electron chi connectivity index (χ2n) is 4.98. The average Bonchev–Trinajstić information content (AvgIpc) is 2.46. The van der Waals surface area contributed by atoms with Crippen molar-refractivity contribution in [2.45, 2.75) is 19.4 Å². The van der Waals surface area contributed by atoms with Crippen molar-refractivity contribution in [3.63, 3.8) is 0 Å². The van der Waals surface area contributed by atoms with Crippen LogP contribution in [-0.2, 0) is 20.7 Å². The number of likely N-dealkylation sites (N-methyl/N-ethyl adjacent to an activating group) is 1. The van der Waals surface area contributed by atoms with Gasteiger partial charge in [0.15, 0.2) is 6.10 Å². The predicted molar refractivity (Wildman–Crippen MR) is 75.3 cm³/mol. The van der Waals surface area contributed by atoms with E-state index in [1.807, 2.05) is 31.2 Å². The molecule has 1 aliphatic heterocycles. The maximum atomic E-state index is 12.3. The summed E-state index contributed by atoms with van der Waals surface area (Å²) in [6.45, 7) is 3.27. The van der Waals surface area contributed by atoms with Crippen LogP contribution in [0.15, 0.2) is 24.3 Å². The fraction of sp³-hybridized carbons (Fsp3) is 0.467. The van der Waals surface area contributed by atoms with Gasteiger partial charge in [0.25, 0.3) is 5.91 Å². The molecule has 108 valence electrons. The van der Waals surface area contributed by atoms with Crippen molar-refractivity contribution >= 4 is 11.8 Å². The van der Waals surface area contributed by atoms with E-state index in [1.165, 1.54) is 0 Å². The number of nitrogens with one attached hydrogen (secondary N) is 1. The van der Waals surface area contributed by atoms with Crippen LogP contribution in [0.1, 0.15) is 11.1 Å². The molecule has 20 heavy (non-hydrogen) atoms. The zero-order valence-corrected chi connectivity index (χ0v) is 11.9. The first-order valence-corrected chi connectivity index (χ1v) is 6.76. The Morgan fingerprint density at radius 1 is 1.45 bits per heavy atom. The van der Waals surface area contributed by atoms with Gasteiger partial charge in [-0.3, -0.25) is 9.59 Å². The lowest BCUT2D eigenvalue weighted by molar-refractivity contribution is -0.146. The summed E-state index contributed by atoms with van der Waals surface area (Å²) >= 11 is 0. The predicted octanol–water partition coefficient (Wildman–Crippen LogP) is 0.511. The van der Waals surface area contributed by atoms with E-state index in [0.717, 1.165) is 11.1 Å². The van der Waals surface area contributed by atoms with E-state index in [9.17, 15) is 9.59 Å². The van der Waals surface area contributed by atoms with Gasteiger partial charge in [-0.1, -0.05) is 29.8 Å². The maximum absolute atomic E-state index is 12.3. The molecule has 1 aromatic rings. The highest BCUT2D eigenvalue weighted by atomic mass is 16.5. The quantitative estimate of drug-likeness (QED) is 0.875. The molecule has 0 bridgehead atoms. The molecule has 1 aliphatic rings. The van der Waals surface area contributed by atoms with E-state index in [1.54, 1.807) is 11.9 Å². The lowest BCUT2D eigenvalue weighted by Gasteiger charge is -2.32. The number of hydrogen-bond acceptors (Lipinski definition) is 3. The smallest absolute Gasteiger partial charge is 0.250 e. The first kappa shape index (κ1) is 14.5. The zero-order chi connectivity index (χ0) is 14.5. The first-order valence-electron chi connectivity index (χ1n) is 6.76. The number of hydrogen-bond donors (Lipinski definition) is 1. The topological polar surface area (TPSA) is 58.6 Å². The Balaban J connectivity index is 1.97. The Morgan fingerprint density at radius 3 is 2.95 bits per heavy atom. The van der Waals surface area contributed by atoms with Gasteiger partial charge >= 0.3 is 0 Å². The van der Waals surface area contributed by atoms with E-state index in [0.29, 0.717) is 26.1 Å². The van der Waals surface area contributed by atoms with Crippen molar-refractivity contribution in [1.29, 1.82) is 0 Å². The number of ether oxygens (including phenoxy) is 1. The van der Waals surface area contributed by atoms with Crippen molar-refractivity contribution in [3.8, 4) is 0 Å². The molecule has 5 nitrogen and oxygen atoms in total. The highest BCUT2D eigenvalue weighted by Crippen LogP contribution is 2.10. The van der Waals surface area contributed by atoms with Crippen LogP contribution < -0.4 is 5.32 Å². The fourth-order valence-electron chi connectivity index (χ4n) is 2.30. The lowest BCUT2D eigenvalue weighted by Crippen LogP contribution is -2.51. The molecular formula is C15H20N2O3. The van der Waals surface area contributed by atoms with Crippen LogP contribution in [0.4, 0.5) is 0 Å². The van der Waals surface area contributed by atoms with Crippen molar-refractivity contribution < 1.29 is 14.3 Å². The molecule has 2 rings (SSSR count). The van der Waals surface area contributed by atoms with Gasteiger partial charge in [0, 0.05) is 13.6 Å². The number of aryl methyl sites for hydroxylation is 1. The summed E-state index contributed by atoms with van der Waals surface area (Å²) in [6.07, 6.45) is -0.197. The normalized spacial score (nSPS) is 18.7. The van der Waals surface area contributed by atoms with Gasteiger partial charge in [-0.2, -0.15) is 0 Å². The zero-order valence-electron chi connectivity index (χ0n) is 11.9. The van der Waals surface area contributed by atoms with Crippen molar-refractivity contribution in [2.75, 3.05) is 26.7 Å². The molecule has 5 heteroatoms. The number of benzene rings is 1. The van der Waals surface area contributed by atoms with E-state index in [-0.39, 0.29) is 11.8 Å². The summed E-state index contributed by atoms with van der Waals surface area (Å²) in [5, 5.41) is 2.55. The molecule has 1 saturated heterocycles. The molecule has 0 saturated carbocycles. The van der Waals surface area contributed by atoms with Gasteiger partial charge in [-0.15, -0.1) is 0 Å². The monoisotopic (exact) mass is 276 g/mol. The number of nitrogens with zero attached hydrogens (tertiary/aromatic N) is 1. The minimum atomic E-state index is -0.560. The largest absolute Gasteiger partial charge is 0.365 e. The average molecular weight is 276 g/mol. The third kappa shape index (κ3) is 3.57. The Hall–Kier alpha value is -1.88. The third-order valence-corrected chi connectivity index (χ3v) is 3.40. The highest BCUT2D eigenvalue weighted by Gasteiger charge is 2.28. The van der Waals surface area contributed by atoms with Crippen molar-refractivity contribution in [3.05, 3.63) is 35.4 Å². The lowest BCUT2D eigenvalue weighted by atomic mass is 10.1. The molecular weight excluding hydrogens is 256 g/mol. The number of morpholine rings is 1. The molecule has 1 unspecified atom stereocenters. The molecule has 0 radical (unpaired) electrons. The molecule has 2 amide bonds. The number of carbonyl (C=O) groups is 2. The Kier molecular flexibility index (Phi) is 4.74. The van der Waals surface area contributed by atoms with Crippen molar-refractivity contribution in [1.82, 2.24) is 10.2 Å². The molecule has 1 N–H and O–H groups in total. The third-order valence-electron chi connectivity index (χ3n) is 3.40. The van der Waals surface area contributed by atoms with Crippen LogP contribution in [0.3, 0.4) is 0 Å². The summed E-state index contributed by atoms with van der Waals surface area (Å²) in [4.78, 5) is 25.5. The molecule has 0 aromatic heterocycles. The van der Waals surface area contributed by atoms with Crippen LogP contribution in [0.2, 0.25) is 0 Å². The molecule has 1 atom stereocenters. The van der Waals surface area contributed by atoms with E-state index in [2.05, 4.69) is 5.32 Å². The van der Waals surface area contributed by atoms with Gasteiger partial charge in [0.2, 0.25) is 5.91 Å². The molecule has 0 aliphatic carbocycles. The summed E-state index contributed by atoms with van der Waals surface area (Å²) < 4.78 is 5.37. The van der Waals surface area contributed by atoms with Crippen LogP contribution >= 0.6 is 0 Å². The summed E-state index contributed by atoms with van der Waals surface area (Å²) in [5.41, 5.74) is 2.14. The van der Waals surface area contributed by atoms with Gasteiger partial charge in [0.05, 0.1) is 19.6 Å². The standard InChI is InChI=1S/C15H20N2O3/c1-11-4-3-5-12(8-11)9-14(18)17-6-7-20-13(10-17)15(19)16-2/h3-5,8,13H,6-7,9-10H2,1-2H3,(H,16,19). The number of carbonyl (C=O) groups excluding carboxylic acids is 2. The molecule has 0 spiro atoms. The number of amides is 2. The second-order valence-corrected chi connectivity index (χ2v) is 4.98. The van der Waals surface area contributed by atoms with Crippen LogP contribution in [0, 0.1) is 6.92 Å². The van der Waals surface area contributed by atoms with Gasteiger partial charge < -0.3 is 15.0 Å². The molecule has 1 fully saturated rings. The van der Waals surface area contributed by atoms with Crippen molar-refractivity contribution in [2.24, 2.45) is 0 Å². The summed E-state index contributed by atoms with van der Waals surface area (Å²) in [5.74, 6) is -0.147. The summed E-state index contributed by atoms with van der Waals surface area (Å²) in [7, 11) is 1.57.